The zero-order chi connectivity index (χ0) is 12.4. The third-order valence-corrected chi connectivity index (χ3v) is 4.13. The lowest BCUT2D eigenvalue weighted by atomic mass is 10.1. The van der Waals surface area contributed by atoms with Crippen LogP contribution in [0.5, 0.6) is 0 Å². The number of halogens is 2. The summed E-state index contributed by atoms with van der Waals surface area (Å²) in [5.41, 5.74) is 4.36. The third kappa shape index (κ3) is 2.43. The molecule has 0 amide bonds. The molecule has 0 saturated carbocycles. The van der Waals surface area contributed by atoms with E-state index in [0.717, 1.165) is 16.1 Å². The molecule has 1 heterocycles. The van der Waals surface area contributed by atoms with Crippen molar-refractivity contribution in [2.45, 2.75) is 13.0 Å². The maximum atomic E-state index is 6.17. The molecule has 90 valence electrons. The van der Waals surface area contributed by atoms with Crippen LogP contribution in [-0.4, -0.2) is 9.59 Å². The van der Waals surface area contributed by atoms with Crippen molar-refractivity contribution in [2.24, 2.45) is 5.84 Å². The Kier molecular flexibility index (Phi) is 3.96. The summed E-state index contributed by atoms with van der Waals surface area (Å²) in [5.74, 6) is 5.58. The number of benzene rings is 1. The minimum atomic E-state index is -0.249. The maximum absolute atomic E-state index is 6.17. The van der Waals surface area contributed by atoms with Gasteiger partial charge in [-0.3, -0.25) is 5.84 Å². The number of hydrogen-bond donors (Lipinski definition) is 2. The van der Waals surface area contributed by atoms with Crippen LogP contribution in [0.4, 0.5) is 0 Å². The van der Waals surface area contributed by atoms with Gasteiger partial charge in [0, 0.05) is 0 Å². The van der Waals surface area contributed by atoms with Crippen LogP contribution in [-0.2, 0) is 0 Å². The standard InChI is InChI=1S/C10H10Cl2N4S/c1-5-10(17-16-15-5)9(14-13)6-3-2-4-7(11)8(6)12/h2-4,9,14H,13H2,1H3. The average Bonchev–Trinajstić information content (AvgIpc) is 2.72. The lowest BCUT2D eigenvalue weighted by Gasteiger charge is -2.16. The van der Waals surface area contributed by atoms with E-state index in [-0.39, 0.29) is 6.04 Å². The van der Waals surface area contributed by atoms with E-state index in [0.29, 0.717) is 10.0 Å². The number of nitrogens with one attached hydrogen (secondary N) is 1. The van der Waals surface area contributed by atoms with Gasteiger partial charge in [0.05, 0.1) is 26.7 Å². The highest BCUT2D eigenvalue weighted by atomic mass is 35.5. The molecule has 1 aromatic heterocycles. The summed E-state index contributed by atoms with van der Waals surface area (Å²) in [4.78, 5) is 0.927. The van der Waals surface area contributed by atoms with Crippen molar-refractivity contribution in [1.29, 1.82) is 0 Å². The Morgan fingerprint density at radius 3 is 2.76 bits per heavy atom. The number of rotatable bonds is 3. The van der Waals surface area contributed by atoms with Gasteiger partial charge in [-0.05, 0) is 30.1 Å². The van der Waals surface area contributed by atoms with Crippen molar-refractivity contribution in [3.8, 4) is 0 Å². The number of hydrazine groups is 1. The highest BCUT2D eigenvalue weighted by molar-refractivity contribution is 7.05. The fraction of sp³-hybridized carbons (Fsp3) is 0.200. The summed E-state index contributed by atoms with van der Waals surface area (Å²) in [6.07, 6.45) is 0. The first-order chi connectivity index (χ1) is 8.15. The van der Waals surface area contributed by atoms with E-state index >= 15 is 0 Å². The lowest BCUT2D eigenvalue weighted by molar-refractivity contribution is 0.642. The molecule has 0 bridgehead atoms. The molecular weight excluding hydrogens is 279 g/mol. The molecule has 0 aliphatic heterocycles. The summed E-state index contributed by atoms with van der Waals surface area (Å²) in [6, 6.07) is 5.19. The van der Waals surface area contributed by atoms with E-state index in [9.17, 15) is 0 Å². The van der Waals surface area contributed by atoms with Crippen LogP contribution in [0.1, 0.15) is 22.2 Å². The van der Waals surface area contributed by atoms with Crippen LogP contribution < -0.4 is 11.3 Å². The van der Waals surface area contributed by atoms with Gasteiger partial charge in [0.1, 0.15) is 0 Å². The zero-order valence-corrected chi connectivity index (χ0v) is 11.3. The fourth-order valence-corrected chi connectivity index (χ4v) is 2.69. The Labute approximate surface area is 113 Å². The predicted octanol–water partition coefficient (Wildman–Crippen LogP) is 2.71. The van der Waals surface area contributed by atoms with Crippen molar-refractivity contribution >= 4 is 34.7 Å². The zero-order valence-electron chi connectivity index (χ0n) is 8.95. The molecule has 7 heteroatoms. The minimum absolute atomic E-state index is 0.249. The van der Waals surface area contributed by atoms with Gasteiger partial charge in [-0.2, -0.15) is 0 Å². The fourth-order valence-electron chi connectivity index (χ4n) is 1.55. The Morgan fingerprint density at radius 2 is 2.18 bits per heavy atom. The molecule has 0 aliphatic carbocycles. The van der Waals surface area contributed by atoms with Crippen molar-refractivity contribution < 1.29 is 0 Å². The summed E-state index contributed by atoms with van der Waals surface area (Å²) < 4.78 is 3.89. The second-order valence-electron chi connectivity index (χ2n) is 3.47. The van der Waals surface area contributed by atoms with Gasteiger partial charge in [0.2, 0.25) is 0 Å². The van der Waals surface area contributed by atoms with Gasteiger partial charge in [0.25, 0.3) is 0 Å². The number of nitrogens with two attached hydrogens (primary N) is 1. The first-order valence-corrected chi connectivity index (χ1v) is 6.37. The SMILES string of the molecule is Cc1nnsc1C(NN)c1cccc(Cl)c1Cl. The second kappa shape index (κ2) is 5.29. The predicted molar refractivity (Wildman–Crippen MR) is 70.3 cm³/mol. The number of nitrogens with zero attached hydrogens (tertiary/aromatic N) is 2. The highest BCUT2D eigenvalue weighted by Gasteiger charge is 2.21. The molecule has 0 spiro atoms. The molecule has 3 N–H and O–H groups in total. The molecule has 2 rings (SSSR count). The highest BCUT2D eigenvalue weighted by Crippen LogP contribution is 2.34. The Hall–Kier alpha value is -0.720. The first kappa shape index (κ1) is 12.7. The molecule has 1 aromatic carbocycles. The van der Waals surface area contributed by atoms with E-state index in [1.807, 2.05) is 19.1 Å². The molecule has 1 atom stereocenters. The third-order valence-electron chi connectivity index (χ3n) is 2.41. The number of aryl methyl sites for hydroxylation is 1. The molecule has 0 saturated heterocycles. The summed E-state index contributed by atoms with van der Waals surface area (Å²) in [5, 5.41) is 4.95. The Morgan fingerprint density at radius 1 is 1.41 bits per heavy atom. The molecule has 17 heavy (non-hydrogen) atoms. The summed E-state index contributed by atoms with van der Waals surface area (Å²) in [6.45, 7) is 1.88. The smallest absolute Gasteiger partial charge is 0.0852 e. The molecule has 0 aliphatic rings. The van der Waals surface area contributed by atoms with E-state index in [2.05, 4.69) is 15.0 Å². The van der Waals surface area contributed by atoms with Gasteiger partial charge < -0.3 is 0 Å². The van der Waals surface area contributed by atoms with Gasteiger partial charge in [0.15, 0.2) is 0 Å². The van der Waals surface area contributed by atoms with E-state index < -0.39 is 0 Å². The summed E-state index contributed by atoms with van der Waals surface area (Å²) in [7, 11) is 0. The first-order valence-electron chi connectivity index (χ1n) is 4.84. The number of aromatic nitrogens is 2. The quantitative estimate of drug-likeness (QED) is 0.673. The van der Waals surface area contributed by atoms with Gasteiger partial charge in [-0.1, -0.05) is 39.8 Å². The lowest BCUT2D eigenvalue weighted by Crippen LogP contribution is -2.29. The van der Waals surface area contributed by atoms with Crippen LogP contribution in [0.2, 0.25) is 10.0 Å². The topological polar surface area (TPSA) is 63.8 Å². The molecule has 0 radical (unpaired) electrons. The van der Waals surface area contributed by atoms with Crippen LogP contribution in [0.15, 0.2) is 18.2 Å². The maximum Gasteiger partial charge on any atom is 0.0852 e. The van der Waals surface area contributed by atoms with Crippen LogP contribution in [0.25, 0.3) is 0 Å². The normalized spacial score (nSPS) is 12.7. The largest absolute Gasteiger partial charge is 0.271 e. The molecule has 4 nitrogen and oxygen atoms in total. The monoisotopic (exact) mass is 288 g/mol. The molecule has 2 aromatic rings. The van der Waals surface area contributed by atoms with Gasteiger partial charge >= 0.3 is 0 Å². The summed E-state index contributed by atoms with van der Waals surface area (Å²) >= 11 is 13.4. The van der Waals surface area contributed by atoms with Crippen molar-refractivity contribution in [3.63, 3.8) is 0 Å². The van der Waals surface area contributed by atoms with Crippen LogP contribution in [0, 0.1) is 6.92 Å². The Balaban J connectivity index is 2.50. The molecule has 0 fully saturated rings. The minimum Gasteiger partial charge on any atom is -0.271 e. The molecular formula is C10H10Cl2N4S. The second-order valence-corrected chi connectivity index (χ2v) is 5.04. The van der Waals surface area contributed by atoms with E-state index in [1.165, 1.54) is 11.5 Å². The van der Waals surface area contributed by atoms with Crippen LogP contribution >= 0.6 is 34.7 Å². The van der Waals surface area contributed by atoms with Crippen molar-refractivity contribution in [1.82, 2.24) is 15.0 Å². The van der Waals surface area contributed by atoms with Crippen molar-refractivity contribution in [2.75, 3.05) is 0 Å². The number of hydrogen-bond acceptors (Lipinski definition) is 5. The van der Waals surface area contributed by atoms with Crippen LogP contribution in [0.3, 0.4) is 0 Å². The molecule has 1 unspecified atom stereocenters. The average molecular weight is 289 g/mol. The van der Waals surface area contributed by atoms with Gasteiger partial charge in [-0.25, -0.2) is 5.43 Å². The van der Waals surface area contributed by atoms with Gasteiger partial charge in [-0.15, -0.1) is 5.10 Å². The van der Waals surface area contributed by atoms with E-state index in [1.54, 1.807) is 6.07 Å². The van der Waals surface area contributed by atoms with E-state index in [4.69, 9.17) is 29.0 Å². The van der Waals surface area contributed by atoms with Crippen molar-refractivity contribution in [3.05, 3.63) is 44.4 Å². The Bertz CT molecular complexity index is 529.